The van der Waals surface area contributed by atoms with E-state index in [1.807, 2.05) is 30.3 Å². The van der Waals surface area contributed by atoms with Gasteiger partial charge in [0, 0.05) is 19.0 Å². The van der Waals surface area contributed by atoms with E-state index < -0.39 is 9.71 Å². The zero-order chi connectivity index (χ0) is 16.9. The fraction of sp³-hybridized carbons (Fsp3) is 0.611. The van der Waals surface area contributed by atoms with Crippen LogP contribution in [0.4, 0.5) is 0 Å². The Morgan fingerprint density at radius 1 is 1.22 bits per heavy atom. The van der Waals surface area contributed by atoms with Crippen molar-refractivity contribution in [1.82, 2.24) is 4.90 Å². The molecule has 2 nitrogen and oxygen atoms in total. The number of likely N-dealkylation sites (tertiary alicyclic amines) is 1. The van der Waals surface area contributed by atoms with Crippen molar-refractivity contribution in [3.63, 3.8) is 0 Å². The van der Waals surface area contributed by atoms with E-state index in [1.54, 1.807) is 4.90 Å². The third-order valence-corrected chi connectivity index (χ3v) is 5.80. The van der Waals surface area contributed by atoms with Crippen LogP contribution in [-0.2, 0) is 11.3 Å². The van der Waals surface area contributed by atoms with Gasteiger partial charge >= 0.3 is 0 Å². The number of rotatable bonds is 8. The molecule has 0 aliphatic carbocycles. The predicted molar refractivity (Wildman–Crippen MR) is 98.2 cm³/mol. The number of benzene rings is 1. The highest BCUT2D eigenvalue weighted by Gasteiger charge is 2.54. The van der Waals surface area contributed by atoms with Crippen molar-refractivity contribution >= 4 is 40.7 Å². The summed E-state index contributed by atoms with van der Waals surface area (Å²) < 4.78 is 0. The Labute approximate surface area is 154 Å². The van der Waals surface area contributed by atoms with Crippen molar-refractivity contribution in [3.8, 4) is 0 Å². The maximum absolute atomic E-state index is 12.9. The maximum atomic E-state index is 12.9. The van der Waals surface area contributed by atoms with Gasteiger partial charge in [0.1, 0.15) is 9.71 Å². The van der Waals surface area contributed by atoms with E-state index in [0.717, 1.165) is 31.2 Å². The average Bonchev–Trinajstić information content (AvgIpc) is 2.78. The average molecular weight is 377 g/mol. The van der Waals surface area contributed by atoms with Gasteiger partial charge in [0.25, 0.3) is 0 Å². The minimum absolute atomic E-state index is 0.0316. The quantitative estimate of drug-likeness (QED) is 0.439. The first-order valence-electron chi connectivity index (χ1n) is 8.29. The number of carbonyl (C=O) groups excluding carboxylic acids is 1. The fourth-order valence-corrected chi connectivity index (χ4v) is 4.37. The molecule has 1 saturated heterocycles. The first-order valence-corrected chi connectivity index (χ1v) is 9.54. The van der Waals surface area contributed by atoms with Crippen LogP contribution in [0.2, 0.25) is 0 Å². The Morgan fingerprint density at radius 3 is 2.52 bits per heavy atom. The fourth-order valence-electron chi connectivity index (χ4n) is 3.21. The first kappa shape index (κ1) is 18.9. The number of amides is 1. The summed E-state index contributed by atoms with van der Waals surface area (Å²) in [6, 6.07) is 9.93. The van der Waals surface area contributed by atoms with Gasteiger partial charge in [0.2, 0.25) is 5.91 Å². The van der Waals surface area contributed by atoms with Gasteiger partial charge in [-0.25, -0.2) is 0 Å². The molecular weight excluding hydrogens is 353 g/mol. The smallest absolute Gasteiger partial charge is 0.244 e. The molecule has 1 heterocycles. The molecule has 23 heavy (non-hydrogen) atoms. The Balaban J connectivity index is 2.08. The monoisotopic (exact) mass is 375 g/mol. The number of carbonyl (C=O) groups is 1. The molecule has 0 N–H and O–H groups in total. The molecule has 1 aromatic rings. The lowest BCUT2D eigenvalue weighted by atomic mass is 9.90. The summed E-state index contributed by atoms with van der Waals surface area (Å²) in [5.41, 5.74) is 1.09. The SMILES string of the molecule is CCCCCCC1(Cl)C(=O)N(Cc2ccccc2)CC1C(Cl)Cl. The van der Waals surface area contributed by atoms with E-state index in [4.69, 9.17) is 34.8 Å². The van der Waals surface area contributed by atoms with Crippen LogP contribution in [0.15, 0.2) is 30.3 Å². The minimum atomic E-state index is -0.962. The topological polar surface area (TPSA) is 20.3 Å². The summed E-state index contributed by atoms with van der Waals surface area (Å²) in [6.45, 7) is 3.23. The Hall–Kier alpha value is -0.440. The molecule has 0 aromatic heterocycles. The predicted octanol–water partition coefficient (Wildman–Crippen LogP) is 5.40. The minimum Gasteiger partial charge on any atom is -0.336 e. The second-order valence-corrected chi connectivity index (χ2v) is 8.12. The second-order valence-electron chi connectivity index (χ2n) is 6.29. The molecule has 1 aliphatic heterocycles. The molecule has 1 amide bonds. The zero-order valence-electron chi connectivity index (χ0n) is 13.5. The van der Waals surface area contributed by atoms with Crippen LogP contribution < -0.4 is 0 Å². The number of alkyl halides is 3. The molecule has 1 aliphatic rings. The van der Waals surface area contributed by atoms with Crippen molar-refractivity contribution in [2.75, 3.05) is 6.54 Å². The third-order valence-electron chi connectivity index (χ3n) is 4.56. The van der Waals surface area contributed by atoms with E-state index in [0.29, 0.717) is 19.5 Å². The normalized spacial score (nSPS) is 24.7. The number of hydrogen-bond acceptors (Lipinski definition) is 1. The molecule has 1 aromatic carbocycles. The van der Waals surface area contributed by atoms with E-state index >= 15 is 0 Å². The summed E-state index contributed by atoms with van der Waals surface area (Å²) in [4.78, 5) is 13.1. The highest BCUT2D eigenvalue weighted by Crippen LogP contribution is 2.44. The molecule has 5 heteroatoms. The number of unbranched alkanes of at least 4 members (excludes halogenated alkanes) is 3. The van der Waals surface area contributed by atoms with Crippen LogP contribution in [0.25, 0.3) is 0 Å². The van der Waals surface area contributed by atoms with Gasteiger partial charge in [-0.1, -0.05) is 62.9 Å². The lowest BCUT2D eigenvalue weighted by Gasteiger charge is -2.26. The largest absolute Gasteiger partial charge is 0.336 e. The van der Waals surface area contributed by atoms with E-state index in [2.05, 4.69) is 6.92 Å². The number of halogens is 3. The molecular formula is C18H24Cl3NO. The molecule has 0 saturated carbocycles. The van der Waals surface area contributed by atoms with Crippen molar-refractivity contribution in [2.45, 2.75) is 55.3 Å². The molecule has 128 valence electrons. The van der Waals surface area contributed by atoms with Crippen molar-refractivity contribution in [2.24, 2.45) is 5.92 Å². The number of hydrogen-bond donors (Lipinski definition) is 0. The van der Waals surface area contributed by atoms with Gasteiger partial charge in [-0.15, -0.1) is 34.8 Å². The molecule has 0 bridgehead atoms. The zero-order valence-corrected chi connectivity index (χ0v) is 15.7. The van der Waals surface area contributed by atoms with Gasteiger partial charge in [0.15, 0.2) is 0 Å². The van der Waals surface area contributed by atoms with Crippen molar-refractivity contribution in [3.05, 3.63) is 35.9 Å². The highest BCUT2D eigenvalue weighted by atomic mass is 35.5. The summed E-state index contributed by atoms with van der Waals surface area (Å²) in [6.07, 6.45) is 4.96. The first-order chi connectivity index (χ1) is 11.0. The van der Waals surface area contributed by atoms with Crippen LogP contribution in [0.3, 0.4) is 0 Å². The molecule has 2 atom stereocenters. The summed E-state index contributed by atoms with van der Waals surface area (Å²) in [5.74, 6) is -0.263. The van der Waals surface area contributed by atoms with Gasteiger partial charge in [-0.3, -0.25) is 4.79 Å². The van der Waals surface area contributed by atoms with Crippen molar-refractivity contribution in [1.29, 1.82) is 0 Å². The van der Waals surface area contributed by atoms with Crippen LogP contribution in [0.5, 0.6) is 0 Å². The third kappa shape index (κ3) is 4.55. The molecule has 2 rings (SSSR count). The Kier molecular flexibility index (Phi) is 7.06. The standard InChI is InChI=1S/C18H24Cl3NO/c1-2-3-4-8-11-18(21)15(16(19)20)13-22(17(18)23)12-14-9-6-5-7-10-14/h5-7,9-10,15-16H,2-4,8,11-13H2,1H3. The summed E-state index contributed by atoms with van der Waals surface area (Å²) in [7, 11) is 0. The number of nitrogens with zero attached hydrogens (tertiary/aromatic N) is 1. The Morgan fingerprint density at radius 2 is 1.91 bits per heavy atom. The maximum Gasteiger partial charge on any atom is 0.244 e. The second kappa shape index (κ2) is 8.60. The summed E-state index contributed by atoms with van der Waals surface area (Å²) >= 11 is 19.1. The molecule has 0 spiro atoms. The van der Waals surface area contributed by atoms with Crippen molar-refractivity contribution < 1.29 is 4.79 Å². The van der Waals surface area contributed by atoms with Gasteiger partial charge in [-0.05, 0) is 12.0 Å². The lowest BCUT2D eigenvalue weighted by Crippen LogP contribution is -2.40. The van der Waals surface area contributed by atoms with Crippen LogP contribution >= 0.6 is 34.8 Å². The molecule has 2 unspecified atom stereocenters. The van der Waals surface area contributed by atoms with Gasteiger partial charge < -0.3 is 4.90 Å². The van der Waals surface area contributed by atoms with E-state index in [-0.39, 0.29) is 11.8 Å². The van der Waals surface area contributed by atoms with Gasteiger partial charge in [0.05, 0.1) is 0 Å². The van der Waals surface area contributed by atoms with Crippen LogP contribution in [-0.4, -0.2) is 27.1 Å². The van der Waals surface area contributed by atoms with Gasteiger partial charge in [-0.2, -0.15) is 0 Å². The van der Waals surface area contributed by atoms with E-state index in [1.165, 1.54) is 0 Å². The van der Waals surface area contributed by atoms with E-state index in [9.17, 15) is 4.79 Å². The van der Waals surface area contributed by atoms with Crippen LogP contribution in [0, 0.1) is 5.92 Å². The summed E-state index contributed by atoms with van der Waals surface area (Å²) in [5, 5.41) is 0. The highest BCUT2D eigenvalue weighted by molar-refractivity contribution is 6.46. The molecule has 1 fully saturated rings. The Bertz CT molecular complexity index is 508. The molecule has 0 radical (unpaired) electrons. The van der Waals surface area contributed by atoms with Crippen LogP contribution in [0.1, 0.15) is 44.6 Å². The lowest BCUT2D eigenvalue weighted by molar-refractivity contribution is -0.130.